The lowest BCUT2D eigenvalue weighted by Crippen LogP contribution is -2.60. The second kappa shape index (κ2) is 9.22. The van der Waals surface area contributed by atoms with Gasteiger partial charge in [-0.1, -0.05) is 36.4 Å². The van der Waals surface area contributed by atoms with Gasteiger partial charge in [0.1, 0.15) is 11.8 Å². The van der Waals surface area contributed by atoms with Crippen molar-refractivity contribution in [1.82, 2.24) is 10.2 Å². The van der Waals surface area contributed by atoms with E-state index in [4.69, 9.17) is 0 Å². The van der Waals surface area contributed by atoms with Crippen LogP contribution in [0.1, 0.15) is 31.7 Å². The van der Waals surface area contributed by atoms with Crippen molar-refractivity contribution in [2.24, 2.45) is 0 Å². The molecule has 1 fully saturated rings. The number of carbonyl (C=O) groups is 1. The van der Waals surface area contributed by atoms with Crippen LogP contribution in [0.25, 0.3) is 0 Å². The zero-order valence-electron chi connectivity index (χ0n) is 17.4. The Morgan fingerprint density at radius 1 is 1.30 bits per heavy atom. The molecule has 1 aliphatic carbocycles. The molecule has 8 heteroatoms. The average molecular weight is 424 g/mol. The first kappa shape index (κ1) is 22.4. The lowest BCUT2D eigenvalue weighted by molar-refractivity contribution is -0.852. The van der Waals surface area contributed by atoms with Crippen LogP contribution in [-0.2, 0) is 11.3 Å². The number of likely N-dealkylation sites (N-methyl/N-ethyl adjacent to an activating group) is 1. The molecule has 2 unspecified atom stereocenters. The Hall–Kier alpha value is -2.32. The predicted molar refractivity (Wildman–Crippen MR) is 108 cm³/mol. The maximum atomic E-state index is 13.2. The third-order valence-electron chi connectivity index (χ3n) is 6.03. The number of carbonyl (C=O) groups excluding carboxylic acids is 1. The van der Waals surface area contributed by atoms with Crippen molar-refractivity contribution in [2.45, 2.75) is 45.1 Å². The van der Waals surface area contributed by atoms with Crippen LogP contribution in [0, 0.1) is 0 Å². The van der Waals surface area contributed by atoms with E-state index in [0.29, 0.717) is 19.4 Å². The van der Waals surface area contributed by atoms with Crippen LogP contribution in [0.4, 0.5) is 18.0 Å². The first-order valence-electron chi connectivity index (χ1n) is 10.3. The number of hydrogen-bond acceptors (Lipinski definition) is 3. The second-order valence-corrected chi connectivity index (χ2v) is 8.01. The van der Waals surface area contributed by atoms with Gasteiger partial charge in [-0.3, -0.25) is 10.2 Å². The van der Waals surface area contributed by atoms with Gasteiger partial charge in [0.15, 0.2) is 0 Å². The fraction of sp³-hybridized carbons (Fsp3) is 0.500. The summed E-state index contributed by atoms with van der Waals surface area (Å²) >= 11 is 0. The first-order valence-corrected chi connectivity index (χ1v) is 10.3. The van der Waals surface area contributed by atoms with Gasteiger partial charge < -0.3 is 4.74 Å². The van der Waals surface area contributed by atoms with Crippen molar-refractivity contribution >= 4 is 6.03 Å². The summed E-state index contributed by atoms with van der Waals surface area (Å²) < 4.78 is 42.4. The standard InChI is InChI=1S/C22H28F3N3O2/c1-3-28(2,18-13-14-27(16-18)15-17-9-5-4-6-10-17)21(29)26-19-11-7-8-12-20(19)30-22(23,24)25/h4-6,8-10,12,18H,3,7,11,13-16H2,1-2H3/p+1. The van der Waals surface area contributed by atoms with E-state index in [1.165, 1.54) is 11.6 Å². The molecular weight excluding hydrogens is 395 g/mol. The summed E-state index contributed by atoms with van der Waals surface area (Å²) in [6, 6.07) is 9.95. The molecule has 0 saturated carbocycles. The summed E-state index contributed by atoms with van der Waals surface area (Å²) in [7, 11) is 1.86. The van der Waals surface area contributed by atoms with Crippen LogP contribution in [0.15, 0.2) is 53.9 Å². The third kappa shape index (κ3) is 5.43. The molecular formula is C22H29F3N3O2+. The van der Waals surface area contributed by atoms with Crippen LogP contribution < -0.4 is 5.32 Å². The van der Waals surface area contributed by atoms with Gasteiger partial charge in [-0.2, -0.15) is 0 Å². The van der Waals surface area contributed by atoms with E-state index < -0.39 is 6.36 Å². The molecule has 2 amide bonds. The Morgan fingerprint density at radius 2 is 2.03 bits per heavy atom. The Bertz CT molecular complexity index is 808. The molecule has 0 spiro atoms. The van der Waals surface area contributed by atoms with Gasteiger partial charge in [0.05, 0.1) is 25.8 Å². The van der Waals surface area contributed by atoms with Crippen LogP contribution in [0.5, 0.6) is 0 Å². The smallest absolute Gasteiger partial charge is 0.404 e. The van der Waals surface area contributed by atoms with Gasteiger partial charge >= 0.3 is 12.4 Å². The summed E-state index contributed by atoms with van der Waals surface area (Å²) in [4.78, 5) is 15.5. The first-order chi connectivity index (χ1) is 14.2. The number of benzene rings is 1. The molecule has 1 aromatic rings. The Labute approximate surface area is 175 Å². The predicted octanol–water partition coefficient (Wildman–Crippen LogP) is 4.54. The second-order valence-electron chi connectivity index (χ2n) is 8.01. The number of likely N-dealkylation sites (tertiary alicyclic amines) is 1. The van der Waals surface area contributed by atoms with E-state index in [0.717, 1.165) is 26.1 Å². The summed E-state index contributed by atoms with van der Waals surface area (Å²) in [5.74, 6) is -0.332. The molecule has 2 aliphatic rings. The molecule has 3 rings (SSSR count). The van der Waals surface area contributed by atoms with E-state index in [2.05, 4.69) is 27.1 Å². The number of allylic oxidation sites excluding steroid dienone is 3. The highest BCUT2D eigenvalue weighted by molar-refractivity contribution is 5.69. The topological polar surface area (TPSA) is 41.6 Å². The van der Waals surface area contributed by atoms with Crippen molar-refractivity contribution in [2.75, 3.05) is 26.7 Å². The van der Waals surface area contributed by atoms with Crippen LogP contribution in [-0.4, -0.2) is 54.5 Å². The quantitative estimate of drug-likeness (QED) is 0.682. The number of ether oxygens (including phenoxy) is 1. The van der Waals surface area contributed by atoms with Crippen molar-refractivity contribution < 1.29 is 27.2 Å². The number of quaternary nitrogens is 1. The molecule has 1 heterocycles. The number of rotatable bonds is 6. The molecule has 30 heavy (non-hydrogen) atoms. The highest BCUT2D eigenvalue weighted by Crippen LogP contribution is 2.28. The van der Waals surface area contributed by atoms with Crippen molar-refractivity contribution in [3.05, 3.63) is 59.5 Å². The highest BCUT2D eigenvalue weighted by atomic mass is 19.4. The molecule has 1 aliphatic heterocycles. The number of halogens is 3. The van der Waals surface area contributed by atoms with E-state index >= 15 is 0 Å². The van der Waals surface area contributed by atoms with Gasteiger partial charge in [-0.25, -0.2) is 9.28 Å². The molecule has 1 N–H and O–H groups in total. The summed E-state index contributed by atoms with van der Waals surface area (Å²) in [6.45, 7) is 4.95. The van der Waals surface area contributed by atoms with Gasteiger partial charge in [0.2, 0.25) is 0 Å². The summed E-state index contributed by atoms with van der Waals surface area (Å²) in [5, 5.41) is 2.74. The van der Waals surface area contributed by atoms with E-state index in [9.17, 15) is 18.0 Å². The van der Waals surface area contributed by atoms with Crippen LogP contribution in [0.2, 0.25) is 0 Å². The molecule has 1 aromatic carbocycles. The monoisotopic (exact) mass is 424 g/mol. The zero-order chi connectivity index (χ0) is 21.8. The third-order valence-corrected chi connectivity index (χ3v) is 6.03. The average Bonchev–Trinajstić information content (AvgIpc) is 3.17. The molecule has 0 bridgehead atoms. The van der Waals surface area contributed by atoms with Gasteiger partial charge in [0, 0.05) is 19.5 Å². The summed E-state index contributed by atoms with van der Waals surface area (Å²) in [6.07, 6.45) is -0.176. The Balaban J connectivity index is 1.69. The number of hydrogen-bond donors (Lipinski definition) is 1. The maximum Gasteiger partial charge on any atom is 0.573 e. The fourth-order valence-electron chi connectivity index (χ4n) is 4.07. The Kier molecular flexibility index (Phi) is 6.88. The minimum absolute atomic E-state index is 0.0745. The van der Waals surface area contributed by atoms with Crippen molar-refractivity contribution in [3.8, 4) is 0 Å². The lowest BCUT2D eigenvalue weighted by Gasteiger charge is -2.36. The van der Waals surface area contributed by atoms with Crippen LogP contribution >= 0.6 is 0 Å². The van der Waals surface area contributed by atoms with Gasteiger partial charge in [-0.15, -0.1) is 13.2 Å². The van der Waals surface area contributed by atoms with Crippen molar-refractivity contribution in [1.29, 1.82) is 0 Å². The lowest BCUT2D eigenvalue weighted by atomic mass is 10.1. The number of amides is 2. The molecule has 0 aromatic heterocycles. The number of nitrogens with one attached hydrogen (secondary N) is 1. The van der Waals surface area contributed by atoms with E-state index in [1.54, 1.807) is 6.08 Å². The van der Waals surface area contributed by atoms with Gasteiger partial charge in [-0.05, 0) is 31.4 Å². The minimum atomic E-state index is -4.79. The maximum absolute atomic E-state index is 13.2. The SMILES string of the molecule is CC[N+](C)(C(=O)NC1=C(OC(F)(F)F)C=CCC1)C1CCN(Cc2ccccc2)C1. The molecule has 5 nitrogen and oxygen atoms in total. The van der Waals surface area contributed by atoms with E-state index in [1.807, 2.05) is 32.2 Å². The zero-order valence-corrected chi connectivity index (χ0v) is 17.4. The number of nitrogens with zero attached hydrogens (tertiary/aromatic N) is 2. The molecule has 164 valence electrons. The fourth-order valence-corrected chi connectivity index (χ4v) is 4.07. The highest BCUT2D eigenvalue weighted by Gasteiger charge is 2.43. The van der Waals surface area contributed by atoms with Gasteiger partial charge in [0.25, 0.3) is 0 Å². The molecule has 2 atom stereocenters. The molecule has 1 saturated heterocycles. The number of alkyl halides is 3. The number of urea groups is 1. The van der Waals surface area contributed by atoms with Crippen LogP contribution in [0.3, 0.4) is 0 Å². The Morgan fingerprint density at radius 3 is 2.70 bits per heavy atom. The minimum Gasteiger partial charge on any atom is -0.404 e. The van der Waals surface area contributed by atoms with E-state index in [-0.39, 0.29) is 28.0 Å². The summed E-state index contributed by atoms with van der Waals surface area (Å²) in [5.41, 5.74) is 1.41. The van der Waals surface area contributed by atoms with Crippen molar-refractivity contribution in [3.63, 3.8) is 0 Å². The normalized spacial score (nSPS) is 22.1. The molecule has 0 radical (unpaired) electrons. The largest absolute Gasteiger partial charge is 0.573 e.